The molecule has 0 saturated heterocycles. The number of carbonyl (C=O) groups excluding carboxylic acids is 1. The van der Waals surface area contributed by atoms with Crippen LogP contribution in [0.4, 0.5) is 0 Å². The van der Waals surface area contributed by atoms with Gasteiger partial charge in [0.2, 0.25) is 0 Å². The first-order valence-corrected chi connectivity index (χ1v) is 13.1. The van der Waals surface area contributed by atoms with Crippen molar-refractivity contribution in [3.05, 3.63) is 6.92 Å². The average molecular weight is 336 g/mol. The van der Waals surface area contributed by atoms with Gasteiger partial charge in [0.05, 0.1) is 6.61 Å². The number of carbonyl (C=O) groups is 1. The van der Waals surface area contributed by atoms with Crippen molar-refractivity contribution in [2.24, 2.45) is 0 Å². The summed E-state index contributed by atoms with van der Waals surface area (Å²) in [7, 11) is 0. The second kappa shape index (κ2) is 14.4. The third-order valence-corrected chi connectivity index (χ3v) is 1.19. The molecule has 0 aliphatic carbocycles. The summed E-state index contributed by atoms with van der Waals surface area (Å²) in [5, 5.41) is 0. The fraction of sp³-hybridized carbons (Fsp3) is 0.750. The summed E-state index contributed by atoms with van der Waals surface area (Å²) in [4.78, 5) is 10.7. The Labute approximate surface area is 95.7 Å². The number of hydrogen-bond acceptors (Lipinski definition) is 2. The molecule has 0 bridgehead atoms. The number of esters is 1. The fourth-order valence-electron chi connectivity index (χ4n) is 0.679. The second-order valence-corrected chi connectivity index (χ2v) is 2.12. The van der Waals surface area contributed by atoms with Gasteiger partial charge in [0.1, 0.15) is 0 Å². The first-order chi connectivity index (χ1) is 5.81. The van der Waals surface area contributed by atoms with Crippen LogP contribution in [-0.4, -0.2) is 12.6 Å². The minimum atomic E-state index is -0.0871. The number of halogens is 1. The van der Waals surface area contributed by atoms with E-state index in [1.54, 1.807) is 0 Å². The van der Waals surface area contributed by atoms with Crippen molar-refractivity contribution in [3.63, 3.8) is 0 Å². The predicted molar refractivity (Wildman–Crippen MR) is 54.5 cm³/mol. The molecular formula is C8H15IO2Zn. The van der Waals surface area contributed by atoms with Crippen LogP contribution in [0.2, 0.25) is 0 Å². The quantitative estimate of drug-likeness (QED) is 0.254. The van der Waals surface area contributed by atoms with Gasteiger partial charge in [-0.25, -0.2) is 0 Å². The molecule has 0 N–H and O–H groups in total. The summed E-state index contributed by atoms with van der Waals surface area (Å²) in [6.07, 6.45) is 3.36. The van der Waals surface area contributed by atoms with E-state index in [1.807, 2.05) is 6.92 Å². The summed E-state index contributed by atoms with van der Waals surface area (Å²) >= 11 is 3.62. The molecule has 4 heteroatoms. The third-order valence-electron chi connectivity index (χ3n) is 1.19. The molecule has 68 valence electrons. The predicted octanol–water partition coefficient (Wildman–Crippen LogP) is 2.83. The van der Waals surface area contributed by atoms with E-state index >= 15 is 0 Å². The van der Waals surface area contributed by atoms with E-state index in [-0.39, 0.29) is 5.97 Å². The van der Waals surface area contributed by atoms with Crippen LogP contribution in [0.25, 0.3) is 0 Å². The Morgan fingerprint density at radius 3 is 2.50 bits per heavy atom. The average Bonchev–Trinajstić information content (AvgIpc) is 2.09. The summed E-state index contributed by atoms with van der Waals surface area (Å²) in [6.45, 7) is 5.98. The van der Waals surface area contributed by atoms with Gasteiger partial charge >= 0.3 is 40.5 Å². The topological polar surface area (TPSA) is 26.3 Å². The second-order valence-electron chi connectivity index (χ2n) is 2.12. The van der Waals surface area contributed by atoms with Crippen molar-refractivity contribution in [1.82, 2.24) is 0 Å². The van der Waals surface area contributed by atoms with Crippen LogP contribution < -0.4 is 0 Å². The van der Waals surface area contributed by atoms with Crippen molar-refractivity contribution >= 4 is 25.7 Å². The van der Waals surface area contributed by atoms with Crippen LogP contribution in [0, 0.1) is 6.92 Å². The van der Waals surface area contributed by atoms with E-state index in [4.69, 9.17) is 4.74 Å². The number of rotatable bonds is 5. The Morgan fingerprint density at radius 2 is 2.08 bits per heavy atom. The van der Waals surface area contributed by atoms with Gasteiger partial charge in [-0.2, -0.15) is 6.42 Å². The molecule has 0 unspecified atom stereocenters. The van der Waals surface area contributed by atoms with Crippen molar-refractivity contribution in [2.75, 3.05) is 6.61 Å². The van der Waals surface area contributed by atoms with Crippen LogP contribution in [0.5, 0.6) is 0 Å². The van der Waals surface area contributed by atoms with Gasteiger partial charge in [0.25, 0.3) is 0 Å². The Kier molecular flexibility index (Phi) is 18.3. The third kappa shape index (κ3) is 13.4. The molecule has 0 aromatic heterocycles. The summed E-state index contributed by atoms with van der Waals surface area (Å²) in [6, 6.07) is 0. The molecule has 0 aromatic carbocycles. The van der Waals surface area contributed by atoms with E-state index in [0.717, 1.165) is 19.3 Å². The van der Waals surface area contributed by atoms with Crippen molar-refractivity contribution in [2.45, 2.75) is 32.6 Å². The number of ether oxygens (including phenoxy) is 1. The molecule has 0 fully saturated rings. The minimum absolute atomic E-state index is 0.0871. The van der Waals surface area contributed by atoms with Crippen LogP contribution in [0.1, 0.15) is 32.6 Å². The summed E-state index contributed by atoms with van der Waals surface area (Å²) < 4.78 is 4.73. The number of unbranched alkanes of at least 4 members (excludes halogenated alkanes) is 2. The van der Waals surface area contributed by atoms with E-state index in [9.17, 15) is 4.79 Å². The number of hydrogen-bond donors (Lipinski definition) is 0. The zero-order valence-electron chi connectivity index (χ0n) is 7.64. The van der Waals surface area contributed by atoms with Gasteiger partial charge in [-0.05, 0) is 13.3 Å². The molecule has 12 heavy (non-hydrogen) atoms. The van der Waals surface area contributed by atoms with Gasteiger partial charge in [-0.15, -0.1) is 0 Å². The first kappa shape index (κ1) is 15.3. The SMILES string of the molecule is [CH2-]CCCCC(=O)OCC.[Zn+][I]. The van der Waals surface area contributed by atoms with E-state index in [0.29, 0.717) is 13.0 Å². The zero-order chi connectivity index (χ0) is 9.82. The molecule has 0 heterocycles. The van der Waals surface area contributed by atoms with E-state index in [1.165, 1.54) is 14.8 Å². The molecule has 0 saturated carbocycles. The van der Waals surface area contributed by atoms with Gasteiger partial charge < -0.3 is 11.7 Å². The molecule has 0 spiro atoms. The molecule has 0 aliphatic rings. The van der Waals surface area contributed by atoms with Crippen LogP contribution in [0.3, 0.4) is 0 Å². The normalized spacial score (nSPS) is 8.42. The molecular weight excluding hydrogens is 320 g/mol. The molecule has 0 atom stereocenters. The van der Waals surface area contributed by atoms with E-state index < -0.39 is 0 Å². The molecule has 0 aromatic rings. The monoisotopic (exact) mass is 334 g/mol. The molecule has 0 rings (SSSR count). The first-order valence-electron chi connectivity index (χ1n) is 4.02. The van der Waals surface area contributed by atoms with Crippen molar-refractivity contribution in [3.8, 4) is 0 Å². The molecule has 0 aliphatic heterocycles. The Bertz CT molecular complexity index is 99.1. The maximum absolute atomic E-state index is 10.7. The summed E-state index contributed by atoms with van der Waals surface area (Å²) in [5.74, 6) is -0.0871. The summed E-state index contributed by atoms with van der Waals surface area (Å²) in [5.41, 5.74) is 0. The van der Waals surface area contributed by atoms with Gasteiger partial charge in [-0.3, -0.25) is 4.79 Å². The van der Waals surface area contributed by atoms with Crippen molar-refractivity contribution in [1.29, 1.82) is 0 Å². The van der Waals surface area contributed by atoms with Gasteiger partial charge in [-0.1, -0.05) is 6.42 Å². The molecule has 2 nitrogen and oxygen atoms in total. The Balaban J connectivity index is 0. The molecule has 0 radical (unpaired) electrons. The van der Waals surface area contributed by atoms with Crippen LogP contribution >= 0.6 is 19.8 Å². The fourth-order valence-corrected chi connectivity index (χ4v) is 0.679. The van der Waals surface area contributed by atoms with E-state index in [2.05, 4.69) is 26.7 Å². The van der Waals surface area contributed by atoms with Gasteiger partial charge in [0.15, 0.2) is 0 Å². The van der Waals surface area contributed by atoms with Crippen molar-refractivity contribution < 1.29 is 24.3 Å². The Morgan fingerprint density at radius 1 is 1.50 bits per heavy atom. The van der Waals surface area contributed by atoms with Crippen LogP contribution in [-0.2, 0) is 24.3 Å². The maximum atomic E-state index is 10.7. The van der Waals surface area contributed by atoms with Crippen LogP contribution in [0.15, 0.2) is 0 Å². The Hall–Kier alpha value is 0.823. The molecule has 0 amide bonds. The van der Waals surface area contributed by atoms with Gasteiger partial charge in [0, 0.05) is 6.42 Å². The zero-order valence-corrected chi connectivity index (χ0v) is 12.8. The standard InChI is InChI=1S/C8H15O2.HI.Zn/c1-3-5-6-7-8(9)10-4-2;;/h1,3-7H2,2H3;1H;/q-1;;+2/p-1.